The number of nitrogens with one attached hydrogen (secondary N) is 1. The highest BCUT2D eigenvalue weighted by Gasteiger charge is 2.58. The van der Waals surface area contributed by atoms with E-state index in [4.69, 9.17) is 11.6 Å². The van der Waals surface area contributed by atoms with Gasteiger partial charge in [-0.2, -0.15) is 13.2 Å². The zero-order chi connectivity index (χ0) is 20.1. The topological polar surface area (TPSA) is 46.2 Å². The highest BCUT2D eigenvalue weighted by molar-refractivity contribution is 6.31. The maximum absolute atomic E-state index is 13.3. The Morgan fingerprint density at radius 2 is 1.75 bits per heavy atom. The Bertz CT molecular complexity index is 955. The van der Waals surface area contributed by atoms with Crippen LogP contribution in [0.15, 0.2) is 42.5 Å². The van der Waals surface area contributed by atoms with Crippen LogP contribution in [0, 0.1) is 5.41 Å². The zero-order valence-corrected chi connectivity index (χ0v) is 15.5. The van der Waals surface area contributed by atoms with Crippen LogP contribution in [-0.2, 0) is 11.0 Å². The van der Waals surface area contributed by atoms with Gasteiger partial charge in [-0.1, -0.05) is 24.1 Å². The molecule has 1 spiro atoms. The first-order valence-electron chi connectivity index (χ1n) is 9.05. The van der Waals surface area contributed by atoms with E-state index in [2.05, 4.69) is 5.32 Å². The van der Waals surface area contributed by atoms with Crippen LogP contribution in [0.4, 0.5) is 18.9 Å². The van der Waals surface area contributed by atoms with Crippen LogP contribution in [0.25, 0.3) is 0 Å². The Kier molecular flexibility index (Phi) is 4.49. The van der Waals surface area contributed by atoms with Crippen molar-refractivity contribution in [3.8, 4) is 0 Å². The number of hydrogen-bond donors (Lipinski definition) is 1. The molecule has 146 valence electrons. The highest BCUT2D eigenvalue weighted by Crippen LogP contribution is 2.53. The molecule has 0 radical (unpaired) electrons. The summed E-state index contributed by atoms with van der Waals surface area (Å²) in [5, 5.41) is 3.57. The van der Waals surface area contributed by atoms with Crippen molar-refractivity contribution in [2.45, 2.75) is 37.9 Å². The SMILES string of the molecule is O=C1CCCC[C@@]12C(=O)c1cc(Cl)ccc1[C@H]2Nc1ccc(C(F)(F)F)cc1. The number of ketones is 2. The van der Waals surface area contributed by atoms with Crippen LogP contribution in [-0.4, -0.2) is 11.6 Å². The number of halogens is 4. The van der Waals surface area contributed by atoms with Crippen molar-refractivity contribution in [2.24, 2.45) is 5.41 Å². The third kappa shape index (κ3) is 2.91. The number of Topliss-reactive ketones (excluding diaryl/α,β-unsaturated/α-hetero) is 2. The predicted molar refractivity (Wildman–Crippen MR) is 99.5 cm³/mol. The summed E-state index contributed by atoms with van der Waals surface area (Å²) in [6.45, 7) is 0. The fourth-order valence-corrected chi connectivity index (χ4v) is 4.51. The maximum atomic E-state index is 13.3. The van der Waals surface area contributed by atoms with Gasteiger partial charge in [0.2, 0.25) is 0 Å². The Morgan fingerprint density at radius 1 is 1.04 bits per heavy atom. The van der Waals surface area contributed by atoms with Crippen LogP contribution in [0.2, 0.25) is 5.02 Å². The molecule has 4 rings (SSSR count). The van der Waals surface area contributed by atoms with Crippen molar-refractivity contribution < 1.29 is 22.8 Å². The molecule has 0 aliphatic heterocycles. The first-order valence-corrected chi connectivity index (χ1v) is 9.42. The molecule has 1 fully saturated rings. The Labute approximate surface area is 164 Å². The second-order valence-electron chi connectivity index (χ2n) is 7.31. The van der Waals surface area contributed by atoms with E-state index in [0.717, 1.165) is 25.0 Å². The number of benzene rings is 2. The van der Waals surface area contributed by atoms with E-state index in [1.807, 2.05) is 0 Å². The smallest absolute Gasteiger partial charge is 0.377 e. The second-order valence-corrected chi connectivity index (χ2v) is 7.75. The lowest BCUT2D eigenvalue weighted by molar-refractivity contribution is -0.137. The third-order valence-electron chi connectivity index (χ3n) is 5.71. The first-order chi connectivity index (χ1) is 13.2. The lowest BCUT2D eigenvalue weighted by Crippen LogP contribution is -2.44. The lowest BCUT2D eigenvalue weighted by Gasteiger charge is -2.37. The minimum absolute atomic E-state index is 0.125. The number of fused-ring (bicyclic) bond motifs is 1. The zero-order valence-electron chi connectivity index (χ0n) is 14.8. The van der Waals surface area contributed by atoms with Crippen LogP contribution in [0.3, 0.4) is 0 Å². The molecule has 2 aromatic carbocycles. The summed E-state index contributed by atoms with van der Waals surface area (Å²) < 4.78 is 38.5. The molecular formula is C21H17ClF3NO2. The molecular weight excluding hydrogens is 391 g/mol. The molecule has 2 atom stereocenters. The second kappa shape index (κ2) is 6.62. The molecule has 2 aliphatic rings. The summed E-state index contributed by atoms with van der Waals surface area (Å²) in [4.78, 5) is 26.2. The van der Waals surface area contributed by atoms with Gasteiger partial charge < -0.3 is 5.32 Å². The van der Waals surface area contributed by atoms with E-state index in [0.29, 0.717) is 34.7 Å². The summed E-state index contributed by atoms with van der Waals surface area (Å²) in [5.74, 6) is -0.375. The van der Waals surface area contributed by atoms with E-state index in [9.17, 15) is 22.8 Å². The van der Waals surface area contributed by atoms with E-state index >= 15 is 0 Å². The molecule has 0 unspecified atom stereocenters. The van der Waals surface area contributed by atoms with Crippen LogP contribution in [0.5, 0.6) is 0 Å². The van der Waals surface area contributed by atoms with Gasteiger partial charge in [0, 0.05) is 22.7 Å². The molecule has 0 heterocycles. The Morgan fingerprint density at radius 3 is 2.39 bits per heavy atom. The fraction of sp³-hybridized carbons (Fsp3) is 0.333. The third-order valence-corrected chi connectivity index (χ3v) is 5.95. The van der Waals surface area contributed by atoms with Gasteiger partial charge in [-0.15, -0.1) is 0 Å². The van der Waals surface area contributed by atoms with Crippen molar-refractivity contribution >= 4 is 28.9 Å². The van der Waals surface area contributed by atoms with Crippen molar-refractivity contribution in [2.75, 3.05) is 5.32 Å². The van der Waals surface area contributed by atoms with Gasteiger partial charge in [0.05, 0.1) is 11.6 Å². The minimum Gasteiger partial charge on any atom is -0.377 e. The fourth-order valence-electron chi connectivity index (χ4n) is 4.33. The lowest BCUT2D eigenvalue weighted by atomic mass is 9.67. The molecule has 0 saturated heterocycles. The number of carbonyl (C=O) groups excluding carboxylic acids is 2. The maximum Gasteiger partial charge on any atom is 0.416 e. The predicted octanol–water partition coefficient (Wildman–Crippen LogP) is 5.84. The normalized spacial score (nSPS) is 24.5. The number of rotatable bonds is 2. The molecule has 1 N–H and O–H groups in total. The quantitative estimate of drug-likeness (QED) is 0.636. The van der Waals surface area contributed by atoms with Crippen molar-refractivity contribution in [1.29, 1.82) is 0 Å². The van der Waals surface area contributed by atoms with Gasteiger partial charge in [0.15, 0.2) is 5.78 Å². The van der Waals surface area contributed by atoms with E-state index in [1.54, 1.807) is 18.2 Å². The summed E-state index contributed by atoms with van der Waals surface area (Å²) in [6, 6.07) is 8.92. The molecule has 3 nitrogen and oxygen atoms in total. The number of carbonyl (C=O) groups is 2. The van der Waals surface area contributed by atoms with E-state index in [-0.39, 0.29) is 11.6 Å². The number of anilines is 1. The van der Waals surface area contributed by atoms with Gasteiger partial charge in [0.1, 0.15) is 11.2 Å². The monoisotopic (exact) mass is 407 g/mol. The Hall–Kier alpha value is -2.34. The average molecular weight is 408 g/mol. The summed E-state index contributed by atoms with van der Waals surface area (Å²) >= 11 is 6.06. The molecule has 2 aromatic rings. The molecule has 7 heteroatoms. The van der Waals surface area contributed by atoms with Gasteiger partial charge in [0.25, 0.3) is 0 Å². The van der Waals surface area contributed by atoms with Gasteiger partial charge in [-0.05, 0) is 54.8 Å². The summed E-state index contributed by atoms with van der Waals surface area (Å²) in [7, 11) is 0. The Balaban J connectivity index is 1.76. The van der Waals surface area contributed by atoms with Crippen LogP contribution >= 0.6 is 11.6 Å². The van der Waals surface area contributed by atoms with E-state index in [1.165, 1.54) is 12.1 Å². The van der Waals surface area contributed by atoms with Crippen molar-refractivity contribution in [1.82, 2.24) is 0 Å². The van der Waals surface area contributed by atoms with E-state index < -0.39 is 23.2 Å². The molecule has 2 aliphatic carbocycles. The largest absolute Gasteiger partial charge is 0.416 e. The summed E-state index contributed by atoms with van der Waals surface area (Å²) in [6.07, 6.45) is -2.22. The van der Waals surface area contributed by atoms with Crippen LogP contribution in [0.1, 0.15) is 53.2 Å². The highest BCUT2D eigenvalue weighted by atomic mass is 35.5. The molecule has 28 heavy (non-hydrogen) atoms. The molecule has 0 aromatic heterocycles. The van der Waals surface area contributed by atoms with Crippen LogP contribution < -0.4 is 5.32 Å². The molecule has 0 bridgehead atoms. The van der Waals surface area contributed by atoms with Gasteiger partial charge in [-0.25, -0.2) is 0 Å². The molecule has 0 amide bonds. The van der Waals surface area contributed by atoms with Gasteiger partial charge >= 0.3 is 6.18 Å². The van der Waals surface area contributed by atoms with Gasteiger partial charge in [-0.3, -0.25) is 9.59 Å². The first kappa shape index (κ1) is 19.0. The average Bonchev–Trinajstić information content (AvgIpc) is 2.87. The van der Waals surface area contributed by atoms with Crippen molar-refractivity contribution in [3.63, 3.8) is 0 Å². The molecule has 1 saturated carbocycles. The number of alkyl halides is 3. The van der Waals surface area contributed by atoms with Crippen molar-refractivity contribution in [3.05, 3.63) is 64.2 Å². The standard InChI is InChI=1S/C21H17ClF3NO2/c22-13-6-9-15-16(11-13)19(28)20(10-2-1-3-17(20)27)18(15)26-14-7-4-12(5-8-14)21(23,24)25/h4-9,11,18,26H,1-3,10H2/t18-,20-/m1/s1. The number of hydrogen-bond acceptors (Lipinski definition) is 3. The minimum atomic E-state index is -4.42. The summed E-state index contributed by atoms with van der Waals surface area (Å²) in [5.41, 5.74) is -0.493.